The number of ether oxygens (including phenoxy) is 1. The molecule has 1 aromatic heterocycles. The van der Waals surface area contributed by atoms with Gasteiger partial charge in [-0.2, -0.15) is 0 Å². The minimum atomic E-state index is 0.431. The lowest BCUT2D eigenvalue weighted by Crippen LogP contribution is -2.06. The summed E-state index contributed by atoms with van der Waals surface area (Å²) >= 11 is 5.75. The molecular weight excluding hydrogens is 260 g/mol. The number of aromatic nitrogens is 2. The van der Waals surface area contributed by atoms with E-state index in [-0.39, 0.29) is 0 Å². The molecule has 0 aliphatic rings. The highest BCUT2D eigenvalue weighted by Crippen LogP contribution is 2.16. The van der Waals surface area contributed by atoms with Crippen LogP contribution in [0.4, 0.5) is 0 Å². The Morgan fingerprint density at radius 3 is 2.21 bits per heavy atom. The van der Waals surface area contributed by atoms with E-state index in [1.807, 2.05) is 45.0 Å². The van der Waals surface area contributed by atoms with Crippen molar-refractivity contribution in [1.29, 1.82) is 0 Å². The molecule has 0 radical (unpaired) electrons. The molecule has 0 aliphatic heterocycles. The van der Waals surface area contributed by atoms with E-state index in [1.54, 1.807) is 0 Å². The van der Waals surface area contributed by atoms with Crippen molar-refractivity contribution < 1.29 is 4.74 Å². The quantitative estimate of drug-likeness (QED) is 0.799. The highest BCUT2D eigenvalue weighted by Gasteiger charge is 2.06. The predicted molar refractivity (Wildman–Crippen MR) is 76.6 cm³/mol. The Labute approximate surface area is 118 Å². The number of alkyl halides is 1. The number of hydrogen-bond donors (Lipinski definition) is 0. The first-order valence-corrected chi connectivity index (χ1v) is 6.72. The Balaban J connectivity index is 2.07. The molecule has 100 valence electrons. The third kappa shape index (κ3) is 3.44. The van der Waals surface area contributed by atoms with E-state index < -0.39 is 0 Å². The number of hydrogen-bond acceptors (Lipinski definition) is 3. The maximum absolute atomic E-state index is 5.75. The third-order valence-corrected chi connectivity index (χ3v) is 3.34. The normalized spacial score (nSPS) is 10.5. The summed E-state index contributed by atoms with van der Waals surface area (Å²) in [6, 6.07) is 7.76. The molecule has 0 N–H and O–H groups in total. The fraction of sp³-hybridized carbons (Fsp3) is 0.333. The lowest BCUT2D eigenvalue weighted by atomic mass is 10.2. The minimum Gasteiger partial charge on any atom is -0.487 e. The van der Waals surface area contributed by atoms with Crippen molar-refractivity contribution in [3.8, 4) is 5.75 Å². The fourth-order valence-electron chi connectivity index (χ4n) is 1.72. The van der Waals surface area contributed by atoms with Gasteiger partial charge in [-0.3, -0.25) is 9.97 Å². The maximum atomic E-state index is 5.75. The van der Waals surface area contributed by atoms with Crippen LogP contribution in [0.1, 0.15) is 28.3 Å². The van der Waals surface area contributed by atoms with Crippen molar-refractivity contribution in [1.82, 2.24) is 9.97 Å². The summed E-state index contributed by atoms with van der Waals surface area (Å²) in [6.45, 7) is 6.31. The largest absolute Gasteiger partial charge is 0.487 e. The molecule has 0 saturated heterocycles. The van der Waals surface area contributed by atoms with Gasteiger partial charge in [-0.05, 0) is 38.5 Å². The lowest BCUT2D eigenvalue weighted by molar-refractivity contribution is 0.299. The van der Waals surface area contributed by atoms with E-state index in [9.17, 15) is 0 Å². The Morgan fingerprint density at radius 2 is 1.58 bits per heavy atom. The van der Waals surface area contributed by atoms with Crippen LogP contribution < -0.4 is 4.74 Å². The summed E-state index contributed by atoms with van der Waals surface area (Å²) in [5, 5.41) is 0. The van der Waals surface area contributed by atoms with Crippen LogP contribution in [0.5, 0.6) is 5.75 Å². The Morgan fingerprint density at radius 1 is 0.947 bits per heavy atom. The Kier molecular flexibility index (Phi) is 4.38. The van der Waals surface area contributed by atoms with Gasteiger partial charge in [0.05, 0.1) is 22.8 Å². The second-order valence-corrected chi connectivity index (χ2v) is 4.76. The molecule has 0 spiro atoms. The molecule has 0 amide bonds. The average molecular weight is 277 g/mol. The van der Waals surface area contributed by atoms with E-state index >= 15 is 0 Å². The van der Waals surface area contributed by atoms with E-state index in [2.05, 4.69) is 9.97 Å². The molecule has 4 heteroatoms. The van der Waals surface area contributed by atoms with Crippen molar-refractivity contribution >= 4 is 11.6 Å². The van der Waals surface area contributed by atoms with Crippen LogP contribution in [0.3, 0.4) is 0 Å². The first kappa shape index (κ1) is 13.8. The van der Waals surface area contributed by atoms with Gasteiger partial charge in [0.25, 0.3) is 0 Å². The van der Waals surface area contributed by atoms with Gasteiger partial charge in [0.15, 0.2) is 0 Å². The molecule has 0 unspecified atom stereocenters. The van der Waals surface area contributed by atoms with Crippen molar-refractivity contribution in [2.24, 2.45) is 0 Å². The van der Waals surface area contributed by atoms with Gasteiger partial charge in [-0.1, -0.05) is 12.1 Å². The van der Waals surface area contributed by atoms with Gasteiger partial charge in [0.2, 0.25) is 0 Å². The van der Waals surface area contributed by atoms with Gasteiger partial charge < -0.3 is 4.74 Å². The average Bonchev–Trinajstić information content (AvgIpc) is 2.42. The van der Waals surface area contributed by atoms with E-state index in [0.29, 0.717) is 12.5 Å². The molecule has 1 aromatic carbocycles. The number of halogens is 1. The van der Waals surface area contributed by atoms with E-state index in [1.165, 1.54) is 0 Å². The van der Waals surface area contributed by atoms with Gasteiger partial charge in [0.1, 0.15) is 12.4 Å². The van der Waals surface area contributed by atoms with Crippen LogP contribution in [-0.2, 0) is 12.5 Å². The molecule has 0 bridgehead atoms. The van der Waals surface area contributed by atoms with Crippen LogP contribution in [-0.4, -0.2) is 9.97 Å². The second kappa shape index (κ2) is 6.02. The fourth-order valence-corrected chi connectivity index (χ4v) is 1.90. The van der Waals surface area contributed by atoms with Crippen LogP contribution in [0.15, 0.2) is 24.3 Å². The Hall–Kier alpha value is -1.61. The molecule has 1 heterocycles. The molecular formula is C15H17ClN2O. The highest BCUT2D eigenvalue weighted by atomic mass is 35.5. The van der Waals surface area contributed by atoms with Crippen LogP contribution in [0.2, 0.25) is 0 Å². The van der Waals surface area contributed by atoms with Gasteiger partial charge in [0, 0.05) is 5.88 Å². The summed E-state index contributed by atoms with van der Waals surface area (Å²) in [5.41, 5.74) is 4.79. The van der Waals surface area contributed by atoms with Crippen LogP contribution in [0.25, 0.3) is 0 Å². The molecule has 0 saturated carbocycles. The number of rotatable bonds is 4. The summed E-state index contributed by atoms with van der Waals surface area (Å²) in [4.78, 5) is 8.97. The topological polar surface area (TPSA) is 35.0 Å². The molecule has 2 rings (SSSR count). The van der Waals surface area contributed by atoms with Crippen molar-refractivity contribution in [2.75, 3.05) is 0 Å². The van der Waals surface area contributed by atoms with E-state index in [0.717, 1.165) is 34.1 Å². The van der Waals surface area contributed by atoms with Crippen molar-refractivity contribution in [3.05, 3.63) is 52.6 Å². The summed E-state index contributed by atoms with van der Waals surface area (Å²) in [7, 11) is 0. The van der Waals surface area contributed by atoms with E-state index in [4.69, 9.17) is 16.3 Å². The van der Waals surface area contributed by atoms with Gasteiger partial charge in [-0.15, -0.1) is 11.6 Å². The lowest BCUT2D eigenvalue weighted by Gasteiger charge is -2.10. The highest BCUT2D eigenvalue weighted by molar-refractivity contribution is 6.17. The maximum Gasteiger partial charge on any atom is 0.132 e. The second-order valence-electron chi connectivity index (χ2n) is 4.49. The molecule has 0 fully saturated rings. The first-order chi connectivity index (χ1) is 9.10. The molecule has 2 aromatic rings. The minimum absolute atomic E-state index is 0.431. The van der Waals surface area contributed by atoms with Crippen LogP contribution >= 0.6 is 11.6 Å². The third-order valence-electron chi connectivity index (χ3n) is 3.03. The molecule has 19 heavy (non-hydrogen) atoms. The molecule has 0 aliphatic carbocycles. The zero-order valence-electron chi connectivity index (χ0n) is 11.4. The Bertz CT molecular complexity index is 567. The zero-order valence-corrected chi connectivity index (χ0v) is 12.2. The number of aryl methyl sites for hydroxylation is 3. The van der Waals surface area contributed by atoms with Gasteiger partial charge >= 0.3 is 0 Å². The van der Waals surface area contributed by atoms with Crippen molar-refractivity contribution in [2.45, 2.75) is 33.3 Å². The SMILES string of the molecule is Cc1nc(C)c(COc2ccc(CCl)cc2)nc1C. The summed E-state index contributed by atoms with van der Waals surface area (Å²) < 4.78 is 5.72. The van der Waals surface area contributed by atoms with Crippen molar-refractivity contribution in [3.63, 3.8) is 0 Å². The first-order valence-electron chi connectivity index (χ1n) is 6.18. The van der Waals surface area contributed by atoms with Gasteiger partial charge in [-0.25, -0.2) is 0 Å². The smallest absolute Gasteiger partial charge is 0.132 e. The number of benzene rings is 1. The number of nitrogens with zero attached hydrogens (tertiary/aromatic N) is 2. The standard InChI is InChI=1S/C15H17ClN2O/c1-10-11(2)18-15(12(3)17-10)9-19-14-6-4-13(8-16)5-7-14/h4-7H,8-9H2,1-3H3. The molecule has 0 atom stereocenters. The zero-order chi connectivity index (χ0) is 13.8. The monoisotopic (exact) mass is 276 g/mol. The van der Waals surface area contributed by atoms with Crippen LogP contribution in [0, 0.1) is 20.8 Å². The molecule has 3 nitrogen and oxygen atoms in total. The summed E-state index contributed by atoms with van der Waals surface area (Å²) in [6.07, 6.45) is 0. The summed E-state index contributed by atoms with van der Waals surface area (Å²) in [5.74, 6) is 1.33. The predicted octanol–water partition coefficient (Wildman–Crippen LogP) is 3.72.